The van der Waals surface area contributed by atoms with Crippen molar-refractivity contribution in [2.75, 3.05) is 11.1 Å². The van der Waals surface area contributed by atoms with E-state index in [0.29, 0.717) is 12.2 Å². The summed E-state index contributed by atoms with van der Waals surface area (Å²) in [7, 11) is 0. The predicted molar refractivity (Wildman–Crippen MR) is 68.8 cm³/mol. The molecule has 0 bridgehead atoms. The van der Waals surface area contributed by atoms with Crippen molar-refractivity contribution in [1.29, 1.82) is 0 Å². The van der Waals surface area contributed by atoms with Crippen LogP contribution in [0.1, 0.15) is 11.1 Å². The summed E-state index contributed by atoms with van der Waals surface area (Å²) in [6, 6.07) is 9.13. The molecule has 4 nitrogen and oxygen atoms in total. The van der Waals surface area contributed by atoms with Crippen molar-refractivity contribution in [3.63, 3.8) is 0 Å². The fourth-order valence-corrected chi connectivity index (χ4v) is 1.52. The molecule has 0 aliphatic heterocycles. The highest BCUT2D eigenvalue weighted by Gasteiger charge is 1.99. The number of rotatable bonds is 3. The van der Waals surface area contributed by atoms with E-state index in [4.69, 9.17) is 5.73 Å². The monoisotopic (exact) mass is 229 g/mol. The largest absolute Gasteiger partial charge is 0.506 e. The zero-order chi connectivity index (χ0) is 12.3. The molecule has 0 saturated heterocycles. The van der Waals surface area contributed by atoms with Crippen LogP contribution in [0.15, 0.2) is 36.5 Å². The molecule has 0 fully saturated rings. The Morgan fingerprint density at radius 3 is 2.82 bits per heavy atom. The number of hydrogen-bond donors (Lipinski definition) is 3. The van der Waals surface area contributed by atoms with Gasteiger partial charge in [0.15, 0.2) is 0 Å². The molecule has 0 unspecified atom stereocenters. The van der Waals surface area contributed by atoms with Gasteiger partial charge in [-0.15, -0.1) is 0 Å². The Labute approximate surface area is 100 Å². The summed E-state index contributed by atoms with van der Waals surface area (Å²) in [5.74, 6) is 0.933. The molecule has 0 spiro atoms. The van der Waals surface area contributed by atoms with E-state index in [-0.39, 0.29) is 5.75 Å². The molecular formula is C13H15N3O. The lowest BCUT2D eigenvalue weighted by atomic mass is 10.2. The van der Waals surface area contributed by atoms with E-state index < -0.39 is 0 Å². The number of pyridine rings is 1. The third-order valence-electron chi connectivity index (χ3n) is 2.48. The zero-order valence-corrected chi connectivity index (χ0v) is 9.64. The molecule has 0 amide bonds. The number of phenolic OH excluding ortho intramolecular Hbond substituents is 1. The fourth-order valence-electron chi connectivity index (χ4n) is 1.52. The first kappa shape index (κ1) is 11.3. The Kier molecular flexibility index (Phi) is 3.14. The molecule has 88 valence electrons. The van der Waals surface area contributed by atoms with Gasteiger partial charge in [-0.25, -0.2) is 4.98 Å². The summed E-state index contributed by atoms with van der Waals surface area (Å²) >= 11 is 0. The summed E-state index contributed by atoms with van der Waals surface area (Å²) < 4.78 is 0. The number of nitrogens with one attached hydrogen (secondary N) is 1. The second kappa shape index (κ2) is 4.74. The van der Waals surface area contributed by atoms with E-state index in [1.54, 1.807) is 18.3 Å². The normalized spacial score (nSPS) is 10.2. The Bertz CT molecular complexity index is 526. The average molecular weight is 229 g/mol. The Hall–Kier alpha value is -2.23. The smallest absolute Gasteiger partial charge is 0.138 e. The molecule has 1 aromatic heterocycles. The number of nitrogens with zero attached hydrogens (tertiary/aromatic N) is 1. The standard InChI is InChI=1S/C13H15N3O/c1-9-4-5-15-13(6-9)16-8-10-2-3-11(14)12(17)7-10/h2-7,17H,8,14H2,1H3,(H,15,16). The van der Waals surface area contributed by atoms with Crippen molar-refractivity contribution in [2.45, 2.75) is 13.5 Å². The van der Waals surface area contributed by atoms with E-state index in [9.17, 15) is 5.11 Å². The van der Waals surface area contributed by atoms with Gasteiger partial charge < -0.3 is 16.2 Å². The Balaban J connectivity index is 2.05. The molecule has 0 radical (unpaired) electrons. The molecule has 2 aromatic rings. The number of nitrogens with two attached hydrogens (primary N) is 1. The van der Waals surface area contributed by atoms with Crippen molar-refractivity contribution < 1.29 is 5.11 Å². The zero-order valence-electron chi connectivity index (χ0n) is 9.64. The molecule has 0 aliphatic carbocycles. The minimum absolute atomic E-state index is 0.113. The van der Waals surface area contributed by atoms with Gasteiger partial charge in [-0.3, -0.25) is 0 Å². The van der Waals surface area contributed by atoms with Crippen molar-refractivity contribution in [1.82, 2.24) is 4.98 Å². The summed E-state index contributed by atoms with van der Waals surface area (Å²) in [5.41, 5.74) is 8.04. The molecule has 0 atom stereocenters. The maximum absolute atomic E-state index is 9.47. The second-order valence-electron chi connectivity index (χ2n) is 3.97. The highest BCUT2D eigenvalue weighted by atomic mass is 16.3. The SMILES string of the molecule is Cc1ccnc(NCc2ccc(N)c(O)c2)c1. The van der Waals surface area contributed by atoms with Gasteiger partial charge in [0, 0.05) is 12.7 Å². The summed E-state index contributed by atoms with van der Waals surface area (Å²) in [5, 5.41) is 12.7. The average Bonchev–Trinajstić information content (AvgIpc) is 2.31. The number of benzene rings is 1. The molecule has 4 N–H and O–H groups in total. The number of aromatic nitrogens is 1. The maximum Gasteiger partial charge on any atom is 0.138 e. The predicted octanol–water partition coefficient (Wildman–Crippen LogP) is 2.29. The van der Waals surface area contributed by atoms with E-state index in [2.05, 4.69) is 10.3 Å². The molecule has 0 aliphatic rings. The number of phenols is 1. The maximum atomic E-state index is 9.47. The van der Waals surface area contributed by atoms with Crippen LogP contribution in [0, 0.1) is 6.92 Å². The molecule has 4 heteroatoms. The van der Waals surface area contributed by atoms with E-state index in [0.717, 1.165) is 16.9 Å². The Morgan fingerprint density at radius 1 is 1.29 bits per heavy atom. The lowest BCUT2D eigenvalue weighted by molar-refractivity contribution is 0.477. The number of hydrogen-bond acceptors (Lipinski definition) is 4. The molecule has 2 rings (SSSR count). The van der Waals surface area contributed by atoms with Gasteiger partial charge in [-0.1, -0.05) is 6.07 Å². The van der Waals surface area contributed by atoms with Gasteiger partial charge >= 0.3 is 0 Å². The van der Waals surface area contributed by atoms with Crippen LogP contribution in [0.2, 0.25) is 0 Å². The van der Waals surface area contributed by atoms with Crippen LogP contribution >= 0.6 is 0 Å². The van der Waals surface area contributed by atoms with Crippen LogP contribution in [0.25, 0.3) is 0 Å². The highest BCUT2D eigenvalue weighted by Crippen LogP contribution is 2.21. The summed E-state index contributed by atoms with van der Waals surface area (Å²) in [6.07, 6.45) is 1.76. The minimum atomic E-state index is 0.113. The topological polar surface area (TPSA) is 71.2 Å². The van der Waals surface area contributed by atoms with Crippen molar-refractivity contribution >= 4 is 11.5 Å². The van der Waals surface area contributed by atoms with E-state index in [1.165, 1.54) is 0 Å². The molecule has 1 aromatic carbocycles. The van der Waals surface area contributed by atoms with Gasteiger partial charge in [0.05, 0.1) is 5.69 Å². The molecule has 1 heterocycles. The third-order valence-corrected chi connectivity index (χ3v) is 2.48. The number of aromatic hydroxyl groups is 1. The summed E-state index contributed by atoms with van der Waals surface area (Å²) in [6.45, 7) is 2.62. The summed E-state index contributed by atoms with van der Waals surface area (Å²) in [4.78, 5) is 4.20. The number of nitrogen functional groups attached to an aromatic ring is 1. The van der Waals surface area contributed by atoms with Crippen molar-refractivity contribution in [2.24, 2.45) is 0 Å². The van der Waals surface area contributed by atoms with Crippen LogP contribution in [0.4, 0.5) is 11.5 Å². The van der Waals surface area contributed by atoms with Crippen LogP contribution < -0.4 is 11.1 Å². The van der Waals surface area contributed by atoms with Gasteiger partial charge in [0.25, 0.3) is 0 Å². The molecule has 0 saturated carbocycles. The molecular weight excluding hydrogens is 214 g/mol. The van der Waals surface area contributed by atoms with Gasteiger partial charge in [-0.2, -0.15) is 0 Å². The van der Waals surface area contributed by atoms with E-state index in [1.807, 2.05) is 25.1 Å². The fraction of sp³-hybridized carbons (Fsp3) is 0.154. The van der Waals surface area contributed by atoms with Crippen LogP contribution in [0.5, 0.6) is 5.75 Å². The first-order chi connectivity index (χ1) is 8.15. The quantitative estimate of drug-likeness (QED) is 0.558. The second-order valence-corrected chi connectivity index (χ2v) is 3.97. The third kappa shape index (κ3) is 2.87. The van der Waals surface area contributed by atoms with Crippen LogP contribution in [-0.4, -0.2) is 10.1 Å². The van der Waals surface area contributed by atoms with Crippen LogP contribution in [0.3, 0.4) is 0 Å². The number of aryl methyl sites for hydroxylation is 1. The molecule has 17 heavy (non-hydrogen) atoms. The first-order valence-corrected chi connectivity index (χ1v) is 5.39. The minimum Gasteiger partial charge on any atom is -0.506 e. The lowest BCUT2D eigenvalue weighted by Crippen LogP contribution is -2.01. The lowest BCUT2D eigenvalue weighted by Gasteiger charge is -2.07. The van der Waals surface area contributed by atoms with E-state index >= 15 is 0 Å². The van der Waals surface area contributed by atoms with Gasteiger partial charge in [0.2, 0.25) is 0 Å². The van der Waals surface area contributed by atoms with Crippen LogP contribution in [-0.2, 0) is 6.54 Å². The van der Waals surface area contributed by atoms with Crippen molar-refractivity contribution in [3.8, 4) is 5.75 Å². The number of anilines is 2. The Morgan fingerprint density at radius 2 is 2.12 bits per heavy atom. The first-order valence-electron chi connectivity index (χ1n) is 5.39. The van der Waals surface area contributed by atoms with Gasteiger partial charge in [0.1, 0.15) is 11.6 Å². The highest BCUT2D eigenvalue weighted by molar-refractivity contribution is 5.53. The van der Waals surface area contributed by atoms with Gasteiger partial charge in [-0.05, 0) is 42.3 Å². The van der Waals surface area contributed by atoms with Crippen molar-refractivity contribution in [3.05, 3.63) is 47.7 Å².